The maximum atomic E-state index is 13.4. The highest BCUT2D eigenvalue weighted by molar-refractivity contribution is 5.77. The van der Waals surface area contributed by atoms with Crippen molar-refractivity contribution in [2.24, 2.45) is 5.92 Å². The normalized spacial score (nSPS) is 9.94. The van der Waals surface area contributed by atoms with Crippen molar-refractivity contribution in [1.29, 1.82) is 5.26 Å². The highest BCUT2D eigenvalue weighted by Crippen LogP contribution is 2.09. The predicted molar refractivity (Wildman–Crippen MR) is 57.8 cm³/mol. The fourth-order valence-corrected chi connectivity index (χ4v) is 1.15. The molecule has 0 fully saturated rings. The van der Waals surface area contributed by atoms with Crippen molar-refractivity contribution in [3.05, 3.63) is 35.1 Å². The molecule has 0 spiro atoms. The van der Waals surface area contributed by atoms with E-state index in [-0.39, 0.29) is 23.9 Å². The molecule has 0 aliphatic rings. The maximum Gasteiger partial charge on any atom is 0.222 e. The molecule has 1 N–H and O–H groups in total. The first-order valence-electron chi connectivity index (χ1n) is 5.01. The van der Waals surface area contributed by atoms with Gasteiger partial charge in [-0.2, -0.15) is 5.26 Å². The van der Waals surface area contributed by atoms with Gasteiger partial charge in [-0.05, 0) is 12.1 Å². The summed E-state index contributed by atoms with van der Waals surface area (Å²) in [6.07, 6.45) is 0. The van der Waals surface area contributed by atoms with Crippen LogP contribution in [-0.2, 0) is 11.3 Å². The number of hydrogen-bond acceptors (Lipinski definition) is 2. The second-order valence-corrected chi connectivity index (χ2v) is 3.79. The van der Waals surface area contributed by atoms with E-state index in [4.69, 9.17) is 5.26 Å². The summed E-state index contributed by atoms with van der Waals surface area (Å²) in [5, 5.41) is 11.2. The third-order valence-electron chi connectivity index (χ3n) is 2.16. The molecule has 0 aliphatic heterocycles. The van der Waals surface area contributed by atoms with E-state index in [0.29, 0.717) is 5.56 Å². The van der Waals surface area contributed by atoms with Crippen LogP contribution in [0.4, 0.5) is 4.39 Å². The van der Waals surface area contributed by atoms with Crippen molar-refractivity contribution in [3.8, 4) is 6.07 Å². The molecular weight excluding hydrogens is 207 g/mol. The second kappa shape index (κ2) is 5.26. The third-order valence-corrected chi connectivity index (χ3v) is 2.16. The molecule has 0 bridgehead atoms. The lowest BCUT2D eigenvalue weighted by atomic mass is 10.1. The van der Waals surface area contributed by atoms with Crippen LogP contribution in [0.3, 0.4) is 0 Å². The van der Waals surface area contributed by atoms with Crippen LogP contribution in [0.15, 0.2) is 18.2 Å². The lowest BCUT2D eigenvalue weighted by Gasteiger charge is -2.08. The van der Waals surface area contributed by atoms with Gasteiger partial charge >= 0.3 is 0 Å². The Kier molecular flexibility index (Phi) is 4.01. The van der Waals surface area contributed by atoms with Crippen LogP contribution in [-0.4, -0.2) is 5.91 Å². The first kappa shape index (κ1) is 12.2. The number of rotatable bonds is 3. The zero-order valence-corrected chi connectivity index (χ0v) is 9.25. The number of hydrogen-bond donors (Lipinski definition) is 1. The lowest BCUT2D eigenvalue weighted by Crippen LogP contribution is -2.27. The Morgan fingerprint density at radius 2 is 2.25 bits per heavy atom. The molecule has 1 amide bonds. The van der Waals surface area contributed by atoms with Crippen LogP contribution < -0.4 is 5.32 Å². The van der Waals surface area contributed by atoms with Gasteiger partial charge in [0.15, 0.2) is 0 Å². The Hall–Kier alpha value is -1.89. The van der Waals surface area contributed by atoms with E-state index in [1.54, 1.807) is 13.8 Å². The van der Waals surface area contributed by atoms with Crippen LogP contribution in [0.25, 0.3) is 0 Å². The summed E-state index contributed by atoms with van der Waals surface area (Å²) < 4.78 is 13.4. The highest BCUT2D eigenvalue weighted by Gasteiger charge is 2.08. The molecule has 0 atom stereocenters. The number of carbonyl (C=O) groups excluding carboxylic acids is 1. The summed E-state index contributed by atoms with van der Waals surface area (Å²) in [5.41, 5.74) is 0.657. The van der Waals surface area contributed by atoms with E-state index < -0.39 is 5.82 Å². The molecule has 1 rings (SSSR count). The molecule has 4 heteroatoms. The molecule has 16 heavy (non-hydrogen) atoms. The molecule has 0 radical (unpaired) electrons. The van der Waals surface area contributed by atoms with Crippen LogP contribution in [0.5, 0.6) is 0 Å². The minimum absolute atomic E-state index is 0.122. The van der Waals surface area contributed by atoms with Gasteiger partial charge in [-0.25, -0.2) is 4.39 Å². The van der Waals surface area contributed by atoms with Gasteiger partial charge in [-0.3, -0.25) is 4.79 Å². The minimum atomic E-state index is -0.469. The fourth-order valence-electron chi connectivity index (χ4n) is 1.15. The molecule has 84 valence electrons. The predicted octanol–water partition coefficient (Wildman–Crippen LogP) is 1.97. The van der Waals surface area contributed by atoms with Crippen molar-refractivity contribution >= 4 is 5.91 Å². The molecule has 0 heterocycles. The lowest BCUT2D eigenvalue weighted by molar-refractivity contribution is -0.124. The van der Waals surface area contributed by atoms with Crippen molar-refractivity contribution in [2.45, 2.75) is 20.4 Å². The van der Waals surface area contributed by atoms with Crippen molar-refractivity contribution in [1.82, 2.24) is 5.32 Å². The van der Waals surface area contributed by atoms with E-state index in [1.807, 2.05) is 6.07 Å². The van der Waals surface area contributed by atoms with Gasteiger partial charge in [-0.15, -0.1) is 0 Å². The smallest absolute Gasteiger partial charge is 0.222 e. The fraction of sp³-hybridized carbons (Fsp3) is 0.333. The minimum Gasteiger partial charge on any atom is -0.352 e. The summed E-state index contributed by atoms with van der Waals surface area (Å²) in [6.45, 7) is 3.68. The van der Waals surface area contributed by atoms with Crippen LogP contribution in [0, 0.1) is 23.1 Å². The molecule has 3 nitrogen and oxygen atoms in total. The molecule has 0 saturated heterocycles. The van der Waals surface area contributed by atoms with Crippen molar-refractivity contribution < 1.29 is 9.18 Å². The van der Waals surface area contributed by atoms with Crippen LogP contribution in [0.1, 0.15) is 25.0 Å². The van der Waals surface area contributed by atoms with Gasteiger partial charge in [0.1, 0.15) is 5.82 Å². The van der Waals surface area contributed by atoms with Crippen LogP contribution in [0.2, 0.25) is 0 Å². The van der Waals surface area contributed by atoms with Gasteiger partial charge in [0, 0.05) is 18.0 Å². The molecule has 0 saturated carbocycles. The number of nitrogens with one attached hydrogen (secondary N) is 1. The van der Waals surface area contributed by atoms with Gasteiger partial charge in [0.25, 0.3) is 0 Å². The molecule has 1 aromatic rings. The first-order valence-corrected chi connectivity index (χ1v) is 5.01. The Labute approximate surface area is 93.9 Å². The molecular formula is C12H13FN2O. The van der Waals surface area contributed by atoms with Gasteiger partial charge < -0.3 is 5.32 Å². The zero-order valence-electron chi connectivity index (χ0n) is 9.25. The number of halogens is 1. The first-order chi connectivity index (χ1) is 7.54. The summed E-state index contributed by atoms with van der Waals surface area (Å²) in [6, 6.07) is 6.05. The largest absolute Gasteiger partial charge is 0.352 e. The quantitative estimate of drug-likeness (QED) is 0.846. The van der Waals surface area contributed by atoms with E-state index in [1.165, 1.54) is 12.1 Å². The topological polar surface area (TPSA) is 52.9 Å². The van der Waals surface area contributed by atoms with E-state index >= 15 is 0 Å². The van der Waals surface area contributed by atoms with E-state index in [9.17, 15) is 9.18 Å². The Morgan fingerprint density at radius 3 is 2.75 bits per heavy atom. The van der Waals surface area contributed by atoms with Crippen molar-refractivity contribution in [3.63, 3.8) is 0 Å². The summed E-state index contributed by atoms with van der Waals surface area (Å²) in [5.74, 6) is -0.715. The molecule has 0 unspecified atom stereocenters. The highest BCUT2D eigenvalue weighted by atomic mass is 19.1. The summed E-state index contributed by atoms with van der Waals surface area (Å²) in [4.78, 5) is 11.3. The Bertz CT molecular complexity index is 435. The number of nitrogens with zero attached hydrogens (tertiary/aromatic N) is 1. The Balaban J connectivity index is 2.69. The number of nitriles is 1. The summed E-state index contributed by atoms with van der Waals surface area (Å²) >= 11 is 0. The number of benzene rings is 1. The standard InChI is InChI=1S/C12H13FN2O/c1-8(2)12(16)15-7-10-4-3-9(6-14)5-11(10)13/h3-5,8H,7H2,1-2H3,(H,15,16). The van der Waals surface area contributed by atoms with Gasteiger partial charge in [-0.1, -0.05) is 19.9 Å². The van der Waals surface area contributed by atoms with Gasteiger partial charge in [0.05, 0.1) is 11.6 Å². The average molecular weight is 220 g/mol. The van der Waals surface area contributed by atoms with Crippen molar-refractivity contribution in [2.75, 3.05) is 0 Å². The summed E-state index contributed by atoms with van der Waals surface area (Å²) in [7, 11) is 0. The molecule has 0 aromatic heterocycles. The SMILES string of the molecule is CC(C)C(=O)NCc1ccc(C#N)cc1F. The average Bonchev–Trinajstić information content (AvgIpc) is 2.26. The molecule has 0 aliphatic carbocycles. The molecule has 1 aromatic carbocycles. The van der Waals surface area contributed by atoms with Crippen LogP contribution >= 0.6 is 0 Å². The van der Waals surface area contributed by atoms with Gasteiger partial charge in [0.2, 0.25) is 5.91 Å². The zero-order chi connectivity index (χ0) is 12.1. The number of amides is 1. The number of carbonyl (C=O) groups is 1. The van der Waals surface area contributed by atoms with E-state index in [2.05, 4.69) is 5.32 Å². The Morgan fingerprint density at radius 1 is 1.56 bits per heavy atom. The monoisotopic (exact) mass is 220 g/mol. The second-order valence-electron chi connectivity index (χ2n) is 3.79. The maximum absolute atomic E-state index is 13.4. The third kappa shape index (κ3) is 3.06. The van der Waals surface area contributed by atoms with E-state index in [0.717, 1.165) is 6.07 Å².